The first-order valence-corrected chi connectivity index (χ1v) is 9.59. The van der Waals surface area contributed by atoms with Crippen LogP contribution in [0, 0.1) is 17.8 Å². The van der Waals surface area contributed by atoms with Crippen molar-refractivity contribution in [1.82, 2.24) is 9.88 Å². The van der Waals surface area contributed by atoms with Gasteiger partial charge in [0.15, 0.2) is 0 Å². The highest BCUT2D eigenvalue weighted by Crippen LogP contribution is 2.48. The van der Waals surface area contributed by atoms with E-state index in [1.54, 1.807) is 5.56 Å². The van der Waals surface area contributed by atoms with Gasteiger partial charge < -0.3 is 10.1 Å². The zero-order chi connectivity index (χ0) is 16.3. The molecule has 0 spiro atoms. The molecule has 1 saturated heterocycles. The summed E-state index contributed by atoms with van der Waals surface area (Å²) in [7, 11) is 0. The van der Waals surface area contributed by atoms with Gasteiger partial charge in [-0.05, 0) is 55.1 Å². The molecule has 0 bridgehead atoms. The normalized spacial score (nSPS) is 34.8. The van der Waals surface area contributed by atoms with Gasteiger partial charge in [0.2, 0.25) is 0 Å². The first-order valence-electron chi connectivity index (χ1n) is 9.59. The molecule has 1 aromatic heterocycles. The summed E-state index contributed by atoms with van der Waals surface area (Å²) < 4.78 is 0. The molecule has 4 heteroatoms. The number of nitrogens with zero attached hydrogens (tertiary/aromatic N) is 1. The van der Waals surface area contributed by atoms with Crippen molar-refractivity contribution in [2.24, 2.45) is 17.8 Å². The molecule has 3 heterocycles. The quantitative estimate of drug-likeness (QED) is 0.832. The second-order valence-corrected chi connectivity index (χ2v) is 8.15. The maximum Gasteiger partial charge on any atom is 0.306 e. The lowest BCUT2D eigenvalue weighted by Crippen LogP contribution is -2.50. The SMILES string of the molecule is O=C(O)C1CCC[C@H]2C[C@H]3c4[nH]c5c(c4CCN3C[C@H]12)C=CCC5. The molecule has 1 unspecified atom stereocenters. The molecule has 2 aliphatic heterocycles. The van der Waals surface area contributed by atoms with Crippen LogP contribution >= 0.6 is 0 Å². The largest absolute Gasteiger partial charge is 0.481 e. The number of rotatable bonds is 1. The van der Waals surface area contributed by atoms with Crippen molar-refractivity contribution in [2.75, 3.05) is 13.1 Å². The molecule has 4 aliphatic rings. The number of hydrogen-bond acceptors (Lipinski definition) is 2. The summed E-state index contributed by atoms with van der Waals surface area (Å²) in [5.41, 5.74) is 5.89. The lowest BCUT2D eigenvalue weighted by molar-refractivity contribution is -0.148. The maximum absolute atomic E-state index is 11.7. The molecule has 2 aliphatic carbocycles. The number of H-pyrrole nitrogens is 1. The molecule has 1 saturated carbocycles. The van der Waals surface area contributed by atoms with E-state index < -0.39 is 5.97 Å². The molecule has 1 aromatic rings. The van der Waals surface area contributed by atoms with Gasteiger partial charge in [-0.25, -0.2) is 0 Å². The number of hydrogen-bond donors (Lipinski definition) is 2. The molecule has 2 fully saturated rings. The van der Waals surface area contributed by atoms with Crippen LogP contribution in [0.5, 0.6) is 0 Å². The Morgan fingerprint density at radius 1 is 1.29 bits per heavy atom. The second-order valence-electron chi connectivity index (χ2n) is 8.15. The Morgan fingerprint density at radius 3 is 3.08 bits per heavy atom. The molecule has 4 atom stereocenters. The Kier molecular flexibility index (Phi) is 3.37. The molecule has 0 aromatic carbocycles. The highest BCUT2D eigenvalue weighted by atomic mass is 16.4. The zero-order valence-corrected chi connectivity index (χ0v) is 14.1. The fourth-order valence-corrected chi connectivity index (χ4v) is 5.88. The zero-order valence-electron chi connectivity index (χ0n) is 14.1. The number of aromatic amines is 1. The van der Waals surface area contributed by atoms with Crippen LogP contribution in [-0.4, -0.2) is 34.0 Å². The third-order valence-corrected chi connectivity index (χ3v) is 7.03. The first-order chi connectivity index (χ1) is 11.7. The molecule has 0 radical (unpaired) electrons. The number of aryl methyl sites for hydroxylation is 1. The van der Waals surface area contributed by atoms with Crippen LogP contribution in [0.2, 0.25) is 0 Å². The van der Waals surface area contributed by atoms with Gasteiger partial charge in [-0.2, -0.15) is 0 Å². The monoisotopic (exact) mass is 326 g/mol. The number of carboxylic acid groups (broad SMARTS) is 1. The summed E-state index contributed by atoms with van der Waals surface area (Å²) in [6.45, 7) is 2.07. The number of aromatic nitrogens is 1. The number of nitrogens with one attached hydrogen (secondary N) is 1. The Hall–Kier alpha value is -1.55. The molecule has 4 nitrogen and oxygen atoms in total. The van der Waals surface area contributed by atoms with Gasteiger partial charge in [0.1, 0.15) is 0 Å². The fourth-order valence-electron chi connectivity index (χ4n) is 5.88. The predicted molar refractivity (Wildman–Crippen MR) is 92.7 cm³/mol. The lowest BCUT2D eigenvalue weighted by atomic mass is 9.66. The molecule has 5 rings (SSSR count). The van der Waals surface area contributed by atoms with Crippen molar-refractivity contribution >= 4 is 12.0 Å². The number of piperidine rings is 1. The minimum atomic E-state index is -0.568. The molecule has 2 N–H and O–H groups in total. The number of allylic oxidation sites excluding steroid dienone is 1. The van der Waals surface area contributed by atoms with E-state index in [2.05, 4.69) is 22.0 Å². The number of carbonyl (C=O) groups is 1. The van der Waals surface area contributed by atoms with Crippen LogP contribution in [-0.2, 0) is 17.6 Å². The second kappa shape index (κ2) is 5.48. The van der Waals surface area contributed by atoms with E-state index in [0.29, 0.717) is 17.9 Å². The van der Waals surface area contributed by atoms with E-state index in [9.17, 15) is 9.90 Å². The van der Waals surface area contributed by atoms with Crippen LogP contribution in [0.25, 0.3) is 6.08 Å². The summed E-state index contributed by atoms with van der Waals surface area (Å²) >= 11 is 0. The van der Waals surface area contributed by atoms with Crippen molar-refractivity contribution in [3.63, 3.8) is 0 Å². The number of aliphatic carboxylic acids is 1. The van der Waals surface area contributed by atoms with Gasteiger partial charge in [-0.1, -0.05) is 25.0 Å². The first kappa shape index (κ1) is 14.8. The Morgan fingerprint density at radius 2 is 2.21 bits per heavy atom. The Labute approximate surface area is 142 Å². The van der Waals surface area contributed by atoms with Crippen molar-refractivity contribution in [3.05, 3.63) is 28.6 Å². The summed E-state index contributed by atoms with van der Waals surface area (Å²) in [5, 5.41) is 9.61. The molecule has 0 amide bonds. The Bertz CT molecular complexity index is 705. The third kappa shape index (κ3) is 2.12. The van der Waals surface area contributed by atoms with E-state index >= 15 is 0 Å². The highest BCUT2D eigenvalue weighted by Gasteiger charge is 2.46. The van der Waals surface area contributed by atoms with Gasteiger partial charge >= 0.3 is 5.97 Å². The van der Waals surface area contributed by atoms with Crippen molar-refractivity contribution < 1.29 is 9.90 Å². The van der Waals surface area contributed by atoms with Crippen molar-refractivity contribution in [1.29, 1.82) is 0 Å². The van der Waals surface area contributed by atoms with Gasteiger partial charge in [-0.3, -0.25) is 9.69 Å². The van der Waals surface area contributed by atoms with Crippen molar-refractivity contribution in [3.8, 4) is 0 Å². The van der Waals surface area contributed by atoms with Gasteiger partial charge in [0.05, 0.1) is 12.0 Å². The van der Waals surface area contributed by atoms with Crippen LogP contribution < -0.4 is 0 Å². The summed E-state index contributed by atoms with van der Waals surface area (Å²) in [6, 6.07) is 0.488. The van der Waals surface area contributed by atoms with Crippen LogP contribution in [0.3, 0.4) is 0 Å². The Balaban J connectivity index is 1.47. The smallest absolute Gasteiger partial charge is 0.306 e. The topological polar surface area (TPSA) is 56.3 Å². The third-order valence-electron chi connectivity index (χ3n) is 7.03. The summed E-state index contributed by atoms with van der Waals surface area (Å²) in [4.78, 5) is 18.0. The molecular weight excluding hydrogens is 300 g/mol. The van der Waals surface area contributed by atoms with E-state index in [4.69, 9.17) is 0 Å². The maximum atomic E-state index is 11.7. The van der Waals surface area contributed by atoms with Crippen molar-refractivity contribution in [2.45, 2.75) is 51.0 Å². The number of fused-ring (bicyclic) bond motifs is 6. The van der Waals surface area contributed by atoms with Gasteiger partial charge in [0, 0.05) is 24.5 Å². The van der Waals surface area contributed by atoms with Crippen LogP contribution in [0.1, 0.15) is 60.7 Å². The molecule has 24 heavy (non-hydrogen) atoms. The minimum absolute atomic E-state index is 0.120. The standard InChI is InChI=1S/C20H26N2O2/c23-20(24)15-6-3-4-12-10-18-19-14(8-9-22(18)11-16(12)15)13-5-1-2-7-17(13)21-19/h1,5,12,15-16,18,21H,2-4,6-11H2,(H,23,24)/t12-,15?,16-,18-/m0/s1. The van der Waals surface area contributed by atoms with E-state index in [1.807, 2.05) is 0 Å². The fraction of sp³-hybridized carbons (Fsp3) is 0.650. The van der Waals surface area contributed by atoms with Gasteiger partial charge in [-0.15, -0.1) is 0 Å². The van der Waals surface area contributed by atoms with E-state index in [-0.39, 0.29) is 5.92 Å². The van der Waals surface area contributed by atoms with E-state index in [0.717, 1.165) is 51.6 Å². The molecule has 128 valence electrons. The minimum Gasteiger partial charge on any atom is -0.481 e. The van der Waals surface area contributed by atoms with Crippen LogP contribution in [0.4, 0.5) is 0 Å². The summed E-state index contributed by atoms with van der Waals surface area (Å²) in [5.74, 6) is 0.258. The summed E-state index contributed by atoms with van der Waals surface area (Å²) in [6.07, 6.45) is 12.3. The lowest BCUT2D eigenvalue weighted by Gasteiger charge is -2.49. The van der Waals surface area contributed by atoms with Gasteiger partial charge in [0.25, 0.3) is 0 Å². The number of carboxylic acids is 1. The molecular formula is C20H26N2O2. The van der Waals surface area contributed by atoms with Crippen LogP contribution in [0.15, 0.2) is 6.08 Å². The highest BCUT2D eigenvalue weighted by molar-refractivity contribution is 5.70. The average Bonchev–Trinajstić information content (AvgIpc) is 2.98. The van der Waals surface area contributed by atoms with E-state index in [1.165, 1.54) is 23.4 Å². The average molecular weight is 326 g/mol. The predicted octanol–water partition coefficient (Wildman–Crippen LogP) is 3.39.